The van der Waals surface area contributed by atoms with Crippen molar-refractivity contribution in [2.75, 3.05) is 19.6 Å². The Kier molecular flexibility index (Phi) is 6.11. The molecule has 0 spiro atoms. The third-order valence-corrected chi connectivity index (χ3v) is 5.48. The second kappa shape index (κ2) is 8.82. The summed E-state index contributed by atoms with van der Waals surface area (Å²) in [5, 5.41) is 0.964. The molecule has 0 fully saturated rings. The van der Waals surface area contributed by atoms with Crippen LogP contribution < -0.4 is 0 Å². The van der Waals surface area contributed by atoms with Gasteiger partial charge in [-0.2, -0.15) is 0 Å². The molecule has 1 aliphatic rings. The average Bonchev–Trinajstić information content (AvgIpc) is 3.12. The molecule has 168 valence electrons. The van der Waals surface area contributed by atoms with Gasteiger partial charge in [-0.25, -0.2) is 24.3 Å². The van der Waals surface area contributed by atoms with Gasteiger partial charge in [0.05, 0.1) is 0 Å². The number of rotatable bonds is 4. The van der Waals surface area contributed by atoms with Crippen molar-refractivity contribution >= 4 is 22.7 Å². The highest BCUT2D eigenvalue weighted by molar-refractivity contribution is 5.96. The topological polar surface area (TPSA) is 73.1 Å². The number of aromatic nitrogens is 4. The molecule has 0 aliphatic carbocycles. The molecule has 0 saturated heterocycles. The lowest BCUT2D eigenvalue weighted by atomic mass is 9.96. The maximum absolute atomic E-state index is 12.8. The van der Waals surface area contributed by atoms with Gasteiger partial charge in [-0.1, -0.05) is 13.0 Å². The summed E-state index contributed by atoms with van der Waals surface area (Å²) in [5.74, 6) is 1.20. The summed E-state index contributed by atoms with van der Waals surface area (Å²) in [5.41, 5.74) is 3.44. The Morgan fingerprint density at radius 1 is 1.22 bits per heavy atom. The summed E-state index contributed by atoms with van der Waals surface area (Å²) in [6.07, 6.45) is 10.2. The minimum atomic E-state index is -0.572. The summed E-state index contributed by atoms with van der Waals surface area (Å²) in [7, 11) is 0. The number of nitrogens with zero attached hydrogens (tertiary/aromatic N) is 5. The SMILES string of the molecule is Cc1ncc(CCN2CC(c3cn(C(=O)OC(C)(C)C)c4ncccc34)=CC(C)C2)cn1. The fraction of sp³-hybridized carbons (Fsp3) is 0.440. The summed E-state index contributed by atoms with van der Waals surface area (Å²) in [4.78, 5) is 28.4. The lowest BCUT2D eigenvalue weighted by Crippen LogP contribution is -2.35. The van der Waals surface area contributed by atoms with Crippen molar-refractivity contribution < 1.29 is 9.53 Å². The quantitative estimate of drug-likeness (QED) is 0.603. The number of carbonyl (C=O) groups excluding carboxylic acids is 1. The van der Waals surface area contributed by atoms with Gasteiger partial charge in [-0.15, -0.1) is 0 Å². The largest absolute Gasteiger partial charge is 0.443 e. The average molecular weight is 434 g/mol. The van der Waals surface area contributed by atoms with E-state index in [-0.39, 0.29) is 0 Å². The summed E-state index contributed by atoms with van der Waals surface area (Å²) < 4.78 is 7.14. The second-order valence-corrected chi connectivity index (χ2v) is 9.56. The van der Waals surface area contributed by atoms with Crippen LogP contribution in [0, 0.1) is 12.8 Å². The third-order valence-electron chi connectivity index (χ3n) is 5.48. The second-order valence-electron chi connectivity index (χ2n) is 9.56. The Labute approximate surface area is 189 Å². The molecule has 0 aromatic carbocycles. The summed E-state index contributed by atoms with van der Waals surface area (Å²) in [6, 6.07) is 3.93. The zero-order valence-electron chi connectivity index (χ0n) is 19.5. The van der Waals surface area contributed by atoms with Crippen LogP contribution in [0.3, 0.4) is 0 Å². The zero-order chi connectivity index (χ0) is 22.9. The standard InChI is InChI=1S/C25H31N5O2/c1-17-11-20(15-29(14-17)10-8-19-12-27-18(2)28-13-19)22-16-30(24(31)32-25(3,4)5)23-21(22)7-6-9-26-23/h6-7,9,11-13,16-17H,8,10,14-15H2,1-5H3. The molecule has 1 unspecified atom stereocenters. The lowest BCUT2D eigenvalue weighted by molar-refractivity contribution is 0.0543. The molecule has 4 heterocycles. The van der Waals surface area contributed by atoms with Crippen molar-refractivity contribution in [1.82, 2.24) is 24.4 Å². The molecule has 0 bridgehead atoms. The van der Waals surface area contributed by atoms with E-state index in [2.05, 4.69) is 32.9 Å². The van der Waals surface area contributed by atoms with Crippen LogP contribution in [0.1, 0.15) is 44.6 Å². The molecular formula is C25H31N5O2. The Bertz CT molecular complexity index is 1140. The van der Waals surface area contributed by atoms with Gasteiger partial charge in [-0.05, 0) is 63.3 Å². The van der Waals surface area contributed by atoms with Crippen molar-refractivity contribution in [3.63, 3.8) is 0 Å². The first-order valence-corrected chi connectivity index (χ1v) is 11.1. The van der Waals surface area contributed by atoms with Gasteiger partial charge in [0.25, 0.3) is 0 Å². The highest BCUT2D eigenvalue weighted by Crippen LogP contribution is 2.31. The highest BCUT2D eigenvalue weighted by Gasteiger charge is 2.25. The van der Waals surface area contributed by atoms with E-state index in [1.807, 2.05) is 58.4 Å². The number of hydrogen-bond donors (Lipinski definition) is 0. The third kappa shape index (κ3) is 5.05. The van der Waals surface area contributed by atoms with E-state index >= 15 is 0 Å². The summed E-state index contributed by atoms with van der Waals surface area (Å²) >= 11 is 0. The van der Waals surface area contributed by atoms with E-state index < -0.39 is 11.7 Å². The number of fused-ring (bicyclic) bond motifs is 1. The van der Waals surface area contributed by atoms with Gasteiger partial charge in [0, 0.05) is 55.4 Å². The minimum Gasteiger partial charge on any atom is -0.443 e. The lowest BCUT2D eigenvalue weighted by Gasteiger charge is -2.30. The van der Waals surface area contributed by atoms with Crippen molar-refractivity contribution in [1.29, 1.82) is 0 Å². The Hall–Kier alpha value is -3.06. The monoisotopic (exact) mass is 433 g/mol. The molecule has 0 N–H and O–H groups in total. The highest BCUT2D eigenvalue weighted by atomic mass is 16.6. The van der Waals surface area contributed by atoms with Crippen LogP contribution in [0.5, 0.6) is 0 Å². The van der Waals surface area contributed by atoms with Crippen molar-refractivity contribution in [3.8, 4) is 0 Å². The maximum atomic E-state index is 12.8. The van der Waals surface area contributed by atoms with Crippen molar-refractivity contribution in [2.45, 2.75) is 46.6 Å². The van der Waals surface area contributed by atoms with Gasteiger partial charge in [0.1, 0.15) is 17.1 Å². The van der Waals surface area contributed by atoms with Crippen LogP contribution in [0.25, 0.3) is 16.6 Å². The number of carbonyl (C=O) groups is 1. The van der Waals surface area contributed by atoms with Crippen LogP contribution in [0.4, 0.5) is 4.79 Å². The Balaban J connectivity index is 1.58. The normalized spacial score (nSPS) is 17.4. The molecule has 1 atom stereocenters. The van der Waals surface area contributed by atoms with Crippen LogP contribution in [0.15, 0.2) is 43.0 Å². The predicted molar refractivity (Wildman–Crippen MR) is 125 cm³/mol. The fourth-order valence-electron chi connectivity index (χ4n) is 4.11. The Morgan fingerprint density at radius 3 is 2.69 bits per heavy atom. The zero-order valence-corrected chi connectivity index (χ0v) is 19.5. The first-order chi connectivity index (χ1) is 15.2. The molecule has 0 radical (unpaired) electrons. The van der Waals surface area contributed by atoms with E-state index in [1.165, 1.54) is 10.1 Å². The van der Waals surface area contributed by atoms with E-state index in [9.17, 15) is 4.79 Å². The van der Waals surface area contributed by atoms with Gasteiger partial charge in [0.2, 0.25) is 0 Å². The fourth-order valence-corrected chi connectivity index (χ4v) is 4.11. The molecule has 1 aliphatic heterocycles. The van der Waals surface area contributed by atoms with Gasteiger partial charge in [0.15, 0.2) is 0 Å². The van der Waals surface area contributed by atoms with Crippen LogP contribution >= 0.6 is 0 Å². The smallest absolute Gasteiger partial charge is 0.420 e. The molecule has 32 heavy (non-hydrogen) atoms. The van der Waals surface area contributed by atoms with Crippen LogP contribution in [-0.2, 0) is 11.2 Å². The molecule has 0 amide bonds. The van der Waals surface area contributed by atoms with Crippen molar-refractivity contribution in [2.24, 2.45) is 5.92 Å². The maximum Gasteiger partial charge on any atom is 0.420 e. The molecule has 3 aromatic heterocycles. The first-order valence-electron chi connectivity index (χ1n) is 11.1. The van der Waals surface area contributed by atoms with Crippen LogP contribution in [-0.4, -0.2) is 55.7 Å². The van der Waals surface area contributed by atoms with E-state index in [0.717, 1.165) is 48.4 Å². The number of hydrogen-bond acceptors (Lipinski definition) is 6. The molecule has 3 aromatic rings. The molecule has 0 saturated carbocycles. The minimum absolute atomic E-state index is 0.407. The van der Waals surface area contributed by atoms with Crippen molar-refractivity contribution in [3.05, 3.63) is 59.9 Å². The van der Waals surface area contributed by atoms with E-state index in [0.29, 0.717) is 11.6 Å². The van der Waals surface area contributed by atoms with Crippen LogP contribution in [0.2, 0.25) is 0 Å². The summed E-state index contributed by atoms with van der Waals surface area (Å²) in [6.45, 7) is 12.5. The van der Waals surface area contributed by atoms with Gasteiger partial charge in [-0.3, -0.25) is 4.90 Å². The van der Waals surface area contributed by atoms with E-state index in [1.54, 1.807) is 6.20 Å². The molecular weight excluding hydrogens is 402 g/mol. The number of ether oxygens (including phenoxy) is 1. The molecule has 4 rings (SSSR count). The number of aryl methyl sites for hydroxylation is 1. The predicted octanol–water partition coefficient (Wildman–Crippen LogP) is 4.50. The Morgan fingerprint density at radius 2 is 1.97 bits per heavy atom. The van der Waals surface area contributed by atoms with Gasteiger partial charge < -0.3 is 4.74 Å². The van der Waals surface area contributed by atoms with E-state index in [4.69, 9.17) is 4.74 Å². The first kappa shape index (κ1) is 22.1. The van der Waals surface area contributed by atoms with Gasteiger partial charge >= 0.3 is 6.09 Å². The molecule has 7 nitrogen and oxygen atoms in total. The number of pyridine rings is 1. The molecule has 7 heteroatoms.